The molecule has 21 heavy (non-hydrogen) atoms. The Bertz CT molecular complexity index is 608. The standard InChI is InChI=1S/C19H23NO/c1-4-14-15(5-2)19(18-8-6-7-11-20-18)17-12-13(21-3)9-10-16(14)17/h6-12,14-15,19H,4-5H2,1-3H3/t14-,15-,19-/m0/s1. The Morgan fingerprint density at radius 3 is 2.52 bits per heavy atom. The zero-order valence-corrected chi connectivity index (χ0v) is 13.0. The minimum atomic E-state index is 0.395. The molecule has 1 aromatic carbocycles. The first-order valence-electron chi connectivity index (χ1n) is 7.88. The van der Waals surface area contributed by atoms with Gasteiger partial charge in [-0.3, -0.25) is 4.98 Å². The first-order chi connectivity index (χ1) is 10.3. The van der Waals surface area contributed by atoms with Crippen molar-refractivity contribution < 1.29 is 4.74 Å². The van der Waals surface area contributed by atoms with Crippen LogP contribution in [-0.4, -0.2) is 12.1 Å². The van der Waals surface area contributed by atoms with Crippen molar-refractivity contribution in [2.24, 2.45) is 5.92 Å². The highest BCUT2D eigenvalue weighted by Crippen LogP contribution is 2.52. The molecule has 3 atom stereocenters. The largest absolute Gasteiger partial charge is 0.497 e. The number of ether oxygens (including phenoxy) is 1. The number of hydrogen-bond donors (Lipinski definition) is 0. The van der Waals surface area contributed by atoms with E-state index in [9.17, 15) is 0 Å². The summed E-state index contributed by atoms with van der Waals surface area (Å²) in [6.45, 7) is 4.59. The van der Waals surface area contributed by atoms with Crippen LogP contribution in [0.25, 0.3) is 0 Å². The lowest BCUT2D eigenvalue weighted by Gasteiger charge is -2.23. The molecule has 0 spiro atoms. The molecule has 0 fully saturated rings. The van der Waals surface area contributed by atoms with E-state index in [0.29, 0.717) is 17.8 Å². The molecule has 0 saturated heterocycles. The van der Waals surface area contributed by atoms with Crippen LogP contribution in [0.1, 0.15) is 55.3 Å². The van der Waals surface area contributed by atoms with Crippen LogP contribution in [0.5, 0.6) is 5.75 Å². The summed E-state index contributed by atoms with van der Waals surface area (Å²) in [6.07, 6.45) is 4.26. The monoisotopic (exact) mass is 281 g/mol. The summed E-state index contributed by atoms with van der Waals surface area (Å²) in [7, 11) is 1.74. The normalized spacial score (nSPS) is 23.9. The highest BCUT2D eigenvalue weighted by molar-refractivity contribution is 5.48. The van der Waals surface area contributed by atoms with Crippen molar-refractivity contribution in [2.45, 2.75) is 38.5 Å². The molecule has 2 aromatic rings. The Labute approximate surface area is 127 Å². The number of methoxy groups -OCH3 is 1. The Morgan fingerprint density at radius 1 is 1.05 bits per heavy atom. The van der Waals surface area contributed by atoms with Gasteiger partial charge >= 0.3 is 0 Å². The van der Waals surface area contributed by atoms with Crippen LogP contribution in [0.15, 0.2) is 42.6 Å². The van der Waals surface area contributed by atoms with Crippen molar-refractivity contribution in [3.05, 3.63) is 59.4 Å². The second kappa shape index (κ2) is 5.88. The molecule has 1 aliphatic carbocycles. The Balaban J connectivity index is 2.14. The van der Waals surface area contributed by atoms with Gasteiger partial charge in [0.2, 0.25) is 0 Å². The van der Waals surface area contributed by atoms with Crippen molar-refractivity contribution in [1.82, 2.24) is 4.98 Å². The van der Waals surface area contributed by atoms with Gasteiger partial charge in [0.25, 0.3) is 0 Å². The van der Waals surface area contributed by atoms with Crippen LogP contribution in [-0.2, 0) is 0 Å². The van der Waals surface area contributed by atoms with Gasteiger partial charge in [0.15, 0.2) is 0 Å². The van der Waals surface area contributed by atoms with Gasteiger partial charge < -0.3 is 4.74 Å². The van der Waals surface area contributed by atoms with E-state index in [1.165, 1.54) is 29.7 Å². The van der Waals surface area contributed by atoms with E-state index in [0.717, 1.165) is 5.75 Å². The summed E-state index contributed by atoms with van der Waals surface area (Å²) >= 11 is 0. The predicted molar refractivity (Wildman–Crippen MR) is 85.9 cm³/mol. The average Bonchev–Trinajstić information content (AvgIpc) is 2.87. The number of pyridine rings is 1. The van der Waals surface area contributed by atoms with Crippen LogP contribution in [0.4, 0.5) is 0 Å². The van der Waals surface area contributed by atoms with E-state index >= 15 is 0 Å². The van der Waals surface area contributed by atoms with Crippen LogP contribution >= 0.6 is 0 Å². The van der Waals surface area contributed by atoms with Gasteiger partial charge in [-0.15, -0.1) is 0 Å². The number of fused-ring (bicyclic) bond motifs is 1. The molecule has 0 saturated carbocycles. The van der Waals surface area contributed by atoms with Crippen LogP contribution in [0, 0.1) is 5.92 Å². The quantitative estimate of drug-likeness (QED) is 0.806. The maximum atomic E-state index is 5.44. The third-order valence-corrected chi connectivity index (χ3v) is 4.89. The smallest absolute Gasteiger partial charge is 0.119 e. The lowest BCUT2D eigenvalue weighted by molar-refractivity contribution is 0.393. The maximum Gasteiger partial charge on any atom is 0.119 e. The molecule has 0 aliphatic heterocycles. The van der Waals surface area contributed by atoms with Crippen molar-refractivity contribution in [3.8, 4) is 5.75 Å². The molecule has 2 heteroatoms. The lowest BCUT2D eigenvalue weighted by Crippen LogP contribution is -2.13. The molecule has 110 valence electrons. The molecule has 1 aromatic heterocycles. The van der Waals surface area contributed by atoms with Crippen LogP contribution < -0.4 is 4.74 Å². The number of rotatable bonds is 4. The lowest BCUT2D eigenvalue weighted by atomic mass is 9.82. The maximum absolute atomic E-state index is 5.44. The van der Waals surface area contributed by atoms with Gasteiger partial charge in [-0.25, -0.2) is 0 Å². The van der Waals surface area contributed by atoms with Crippen molar-refractivity contribution in [2.75, 3.05) is 7.11 Å². The van der Waals surface area contributed by atoms with E-state index in [1.54, 1.807) is 7.11 Å². The fraction of sp³-hybridized carbons (Fsp3) is 0.421. The highest BCUT2D eigenvalue weighted by atomic mass is 16.5. The van der Waals surface area contributed by atoms with E-state index in [4.69, 9.17) is 4.74 Å². The van der Waals surface area contributed by atoms with Gasteiger partial charge in [-0.05, 0) is 53.6 Å². The zero-order valence-electron chi connectivity index (χ0n) is 13.0. The first-order valence-corrected chi connectivity index (χ1v) is 7.88. The topological polar surface area (TPSA) is 22.1 Å². The fourth-order valence-electron chi connectivity index (χ4n) is 3.96. The molecule has 0 amide bonds. The van der Waals surface area contributed by atoms with Gasteiger partial charge in [-0.1, -0.05) is 32.4 Å². The summed E-state index contributed by atoms with van der Waals surface area (Å²) in [5.41, 5.74) is 4.09. The second-order valence-electron chi connectivity index (χ2n) is 5.81. The van der Waals surface area contributed by atoms with Crippen LogP contribution in [0.2, 0.25) is 0 Å². The fourth-order valence-corrected chi connectivity index (χ4v) is 3.96. The summed E-state index contributed by atoms with van der Waals surface area (Å²) in [5.74, 6) is 2.60. The second-order valence-corrected chi connectivity index (χ2v) is 5.81. The molecule has 0 unspecified atom stereocenters. The summed E-state index contributed by atoms with van der Waals surface area (Å²) < 4.78 is 5.44. The first kappa shape index (κ1) is 14.1. The molecule has 0 N–H and O–H groups in total. The summed E-state index contributed by atoms with van der Waals surface area (Å²) in [5, 5.41) is 0. The van der Waals surface area contributed by atoms with Gasteiger partial charge in [-0.2, -0.15) is 0 Å². The van der Waals surface area contributed by atoms with Gasteiger partial charge in [0, 0.05) is 17.8 Å². The highest BCUT2D eigenvalue weighted by Gasteiger charge is 2.40. The number of benzene rings is 1. The van der Waals surface area contributed by atoms with E-state index in [2.05, 4.69) is 49.2 Å². The Kier molecular flexibility index (Phi) is 3.96. The molecule has 0 bridgehead atoms. The number of nitrogens with zero attached hydrogens (tertiary/aromatic N) is 1. The Hall–Kier alpha value is -1.83. The SMILES string of the molecule is CC[C@@H]1[C@H](c2ccccn2)c2cc(OC)ccc2[C@H]1CC. The zero-order chi connectivity index (χ0) is 14.8. The Morgan fingerprint density at radius 2 is 1.90 bits per heavy atom. The molecule has 3 rings (SSSR count). The molecule has 1 aliphatic rings. The third-order valence-electron chi connectivity index (χ3n) is 4.89. The van der Waals surface area contributed by atoms with Gasteiger partial charge in [0.05, 0.1) is 7.11 Å². The van der Waals surface area contributed by atoms with Crippen molar-refractivity contribution in [3.63, 3.8) is 0 Å². The predicted octanol–water partition coefficient (Wildman–Crippen LogP) is 4.76. The minimum absolute atomic E-state index is 0.395. The van der Waals surface area contributed by atoms with Crippen molar-refractivity contribution >= 4 is 0 Å². The van der Waals surface area contributed by atoms with E-state index in [-0.39, 0.29) is 0 Å². The molecule has 2 nitrogen and oxygen atoms in total. The van der Waals surface area contributed by atoms with E-state index in [1.807, 2.05) is 12.3 Å². The van der Waals surface area contributed by atoms with Crippen molar-refractivity contribution in [1.29, 1.82) is 0 Å². The molecular weight excluding hydrogens is 258 g/mol. The number of aromatic nitrogens is 1. The van der Waals surface area contributed by atoms with E-state index < -0.39 is 0 Å². The third kappa shape index (κ3) is 2.33. The average molecular weight is 281 g/mol. The van der Waals surface area contributed by atoms with Gasteiger partial charge in [0.1, 0.15) is 5.75 Å². The molecule has 0 radical (unpaired) electrons. The minimum Gasteiger partial charge on any atom is -0.497 e. The summed E-state index contributed by atoms with van der Waals surface area (Å²) in [6, 6.07) is 12.8. The molecular formula is C19H23NO. The number of hydrogen-bond acceptors (Lipinski definition) is 2. The van der Waals surface area contributed by atoms with Crippen LogP contribution in [0.3, 0.4) is 0 Å². The molecule has 1 heterocycles. The summed E-state index contributed by atoms with van der Waals surface area (Å²) in [4.78, 5) is 4.64.